The molecule has 0 fully saturated rings. The van der Waals surface area contributed by atoms with E-state index in [1.807, 2.05) is 18.7 Å². The second-order valence-electron chi connectivity index (χ2n) is 4.32. The molecule has 0 radical (unpaired) electrons. The molecule has 5 heteroatoms. The first-order valence-electron chi connectivity index (χ1n) is 6.82. The van der Waals surface area contributed by atoms with Crippen LogP contribution in [0.1, 0.15) is 44.0 Å². The van der Waals surface area contributed by atoms with E-state index in [4.69, 9.17) is 11.6 Å². The molecular weight excluding hydrogens is 262 g/mol. The first-order valence-corrected chi connectivity index (χ1v) is 7.20. The van der Waals surface area contributed by atoms with Gasteiger partial charge in [0.25, 0.3) is 5.91 Å². The second kappa shape index (κ2) is 8.00. The Morgan fingerprint density at radius 2 is 2.16 bits per heavy atom. The molecule has 106 valence electrons. The maximum Gasteiger partial charge on any atom is 0.255 e. The number of nitrogens with one attached hydrogen (secondary N) is 1. The molecule has 0 unspecified atom stereocenters. The Balaban J connectivity index is 2.92. The molecule has 4 nitrogen and oxygen atoms in total. The van der Waals surface area contributed by atoms with Crippen molar-refractivity contribution in [3.05, 3.63) is 22.8 Å². The first kappa shape index (κ1) is 15.8. The van der Waals surface area contributed by atoms with Crippen LogP contribution in [0.15, 0.2) is 12.3 Å². The predicted molar refractivity (Wildman–Crippen MR) is 79.9 cm³/mol. The van der Waals surface area contributed by atoms with Gasteiger partial charge in [-0.15, -0.1) is 0 Å². The van der Waals surface area contributed by atoms with Gasteiger partial charge < -0.3 is 10.2 Å². The van der Waals surface area contributed by atoms with E-state index >= 15 is 0 Å². The van der Waals surface area contributed by atoms with E-state index in [2.05, 4.69) is 17.2 Å². The van der Waals surface area contributed by atoms with Gasteiger partial charge in [0.15, 0.2) is 0 Å². The largest absolute Gasteiger partial charge is 0.370 e. The Bertz CT molecular complexity index is 423. The zero-order valence-electron chi connectivity index (χ0n) is 11.9. The summed E-state index contributed by atoms with van der Waals surface area (Å²) >= 11 is 6.09. The lowest BCUT2D eigenvalue weighted by Crippen LogP contribution is -2.32. The minimum Gasteiger partial charge on any atom is -0.370 e. The summed E-state index contributed by atoms with van der Waals surface area (Å²) < 4.78 is 0. The normalized spacial score (nSPS) is 10.3. The van der Waals surface area contributed by atoms with Gasteiger partial charge in [0, 0.05) is 25.8 Å². The van der Waals surface area contributed by atoms with Crippen LogP contribution in [0.3, 0.4) is 0 Å². The number of anilines is 1. The number of rotatable bonds is 7. The molecule has 0 atom stereocenters. The van der Waals surface area contributed by atoms with Gasteiger partial charge in [0.2, 0.25) is 0 Å². The van der Waals surface area contributed by atoms with Crippen molar-refractivity contribution in [3.8, 4) is 0 Å². The Labute approximate surface area is 120 Å². The lowest BCUT2D eigenvalue weighted by atomic mass is 10.2. The van der Waals surface area contributed by atoms with Gasteiger partial charge >= 0.3 is 0 Å². The molecule has 0 spiro atoms. The fourth-order valence-electron chi connectivity index (χ4n) is 1.80. The molecule has 0 saturated carbocycles. The Morgan fingerprint density at radius 3 is 2.74 bits per heavy atom. The molecule has 1 N–H and O–H groups in total. The van der Waals surface area contributed by atoms with Gasteiger partial charge in [-0.05, 0) is 26.3 Å². The van der Waals surface area contributed by atoms with E-state index in [1.165, 1.54) is 6.20 Å². The molecule has 1 heterocycles. The highest BCUT2D eigenvalue weighted by molar-refractivity contribution is 6.33. The number of aromatic nitrogens is 1. The number of halogens is 1. The Kier molecular flexibility index (Phi) is 6.64. The van der Waals surface area contributed by atoms with Crippen molar-refractivity contribution in [2.24, 2.45) is 0 Å². The van der Waals surface area contributed by atoms with Crippen LogP contribution in [0.4, 0.5) is 5.82 Å². The maximum atomic E-state index is 12.4. The van der Waals surface area contributed by atoms with E-state index in [9.17, 15) is 4.79 Å². The Hall–Kier alpha value is -1.29. The van der Waals surface area contributed by atoms with Crippen LogP contribution < -0.4 is 5.32 Å². The van der Waals surface area contributed by atoms with Crippen LogP contribution in [0, 0.1) is 0 Å². The highest BCUT2D eigenvalue weighted by atomic mass is 35.5. The van der Waals surface area contributed by atoms with Crippen molar-refractivity contribution >= 4 is 23.3 Å². The average Bonchev–Trinajstić information content (AvgIpc) is 2.42. The molecule has 1 rings (SSSR count). The van der Waals surface area contributed by atoms with Gasteiger partial charge in [0.1, 0.15) is 5.82 Å². The van der Waals surface area contributed by atoms with Crippen LogP contribution in [0.25, 0.3) is 0 Å². The Morgan fingerprint density at radius 1 is 1.42 bits per heavy atom. The monoisotopic (exact) mass is 283 g/mol. The van der Waals surface area contributed by atoms with E-state index in [1.54, 1.807) is 6.07 Å². The van der Waals surface area contributed by atoms with Crippen molar-refractivity contribution in [2.45, 2.75) is 33.6 Å². The van der Waals surface area contributed by atoms with Crippen molar-refractivity contribution in [1.29, 1.82) is 0 Å². The molecule has 0 aromatic carbocycles. The summed E-state index contributed by atoms with van der Waals surface area (Å²) in [6.07, 6.45) is 3.60. The number of carbonyl (C=O) groups is 1. The molecular formula is C14H22ClN3O. The van der Waals surface area contributed by atoms with Gasteiger partial charge in [-0.3, -0.25) is 4.79 Å². The van der Waals surface area contributed by atoms with Gasteiger partial charge in [0.05, 0.1) is 10.6 Å². The summed E-state index contributed by atoms with van der Waals surface area (Å²) in [5, 5.41) is 3.49. The van der Waals surface area contributed by atoms with Crippen molar-refractivity contribution in [1.82, 2.24) is 9.88 Å². The van der Waals surface area contributed by atoms with E-state index in [-0.39, 0.29) is 5.91 Å². The summed E-state index contributed by atoms with van der Waals surface area (Å²) in [6.45, 7) is 8.29. The van der Waals surface area contributed by atoms with Crippen molar-refractivity contribution in [3.63, 3.8) is 0 Å². The first-order chi connectivity index (χ1) is 9.13. The lowest BCUT2D eigenvalue weighted by Gasteiger charge is -2.21. The van der Waals surface area contributed by atoms with Gasteiger partial charge in [-0.2, -0.15) is 0 Å². The van der Waals surface area contributed by atoms with Crippen LogP contribution in [-0.2, 0) is 0 Å². The van der Waals surface area contributed by atoms with Gasteiger partial charge in [-0.1, -0.05) is 24.9 Å². The zero-order chi connectivity index (χ0) is 14.3. The summed E-state index contributed by atoms with van der Waals surface area (Å²) in [5.41, 5.74) is 0.519. The third-order valence-corrected chi connectivity index (χ3v) is 3.20. The second-order valence-corrected chi connectivity index (χ2v) is 4.73. The fraction of sp³-hybridized carbons (Fsp3) is 0.571. The van der Waals surface area contributed by atoms with E-state index < -0.39 is 0 Å². The minimum atomic E-state index is -0.0255. The molecule has 1 aromatic rings. The molecule has 0 bridgehead atoms. The molecule has 1 amide bonds. The summed E-state index contributed by atoms with van der Waals surface area (Å²) in [7, 11) is 0. The highest BCUT2D eigenvalue weighted by Crippen LogP contribution is 2.20. The minimum absolute atomic E-state index is 0.0255. The molecule has 0 aliphatic rings. The number of hydrogen-bond donors (Lipinski definition) is 1. The molecule has 19 heavy (non-hydrogen) atoms. The zero-order valence-corrected chi connectivity index (χ0v) is 12.6. The smallest absolute Gasteiger partial charge is 0.255 e. The highest BCUT2D eigenvalue weighted by Gasteiger charge is 2.17. The van der Waals surface area contributed by atoms with E-state index in [0.29, 0.717) is 22.9 Å². The fourth-order valence-corrected chi connectivity index (χ4v) is 1.99. The third-order valence-electron chi connectivity index (χ3n) is 2.89. The van der Waals surface area contributed by atoms with E-state index in [0.717, 1.165) is 25.9 Å². The SMILES string of the molecule is CCCCN(CC)C(=O)c1cc(NCC)ncc1Cl. The van der Waals surface area contributed by atoms with Crippen LogP contribution in [0.5, 0.6) is 0 Å². The molecule has 0 aliphatic heterocycles. The lowest BCUT2D eigenvalue weighted by molar-refractivity contribution is 0.0762. The summed E-state index contributed by atoms with van der Waals surface area (Å²) in [4.78, 5) is 18.4. The number of hydrogen-bond acceptors (Lipinski definition) is 3. The van der Waals surface area contributed by atoms with Crippen molar-refractivity contribution in [2.75, 3.05) is 25.0 Å². The molecule has 1 aromatic heterocycles. The number of carbonyl (C=O) groups excluding carboxylic acids is 1. The van der Waals surface area contributed by atoms with Crippen LogP contribution in [-0.4, -0.2) is 35.4 Å². The van der Waals surface area contributed by atoms with Crippen molar-refractivity contribution < 1.29 is 4.79 Å². The number of amides is 1. The standard InChI is InChI=1S/C14H22ClN3O/c1-4-7-8-18(6-3)14(19)11-9-13(16-5-2)17-10-12(11)15/h9-10H,4-8H2,1-3H3,(H,16,17). The maximum absolute atomic E-state index is 12.4. The number of pyridine rings is 1. The summed E-state index contributed by atoms with van der Waals surface area (Å²) in [6, 6.07) is 1.72. The number of nitrogens with zero attached hydrogens (tertiary/aromatic N) is 2. The predicted octanol–water partition coefficient (Wildman–Crippen LogP) is 3.43. The molecule has 0 saturated heterocycles. The number of unbranched alkanes of at least 4 members (excludes halogenated alkanes) is 1. The van der Waals surface area contributed by atoms with Gasteiger partial charge in [-0.25, -0.2) is 4.98 Å². The average molecular weight is 284 g/mol. The summed E-state index contributed by atoms with van der Waals surface area (Å²) in [5.74, 6) is 0.657. The third kappa shape index (κ3) is 4.39. The quantitative estimate of drug-likeness (QED) is 0.834. The molecule has 0 aliphatic carbocycles. The van der Waals surface area contributed by atoms with Crippen LogP contribution >= 0.6 is 11.6 Å². The van der Waals surface area contributed by atoms with Crippen LogP contribution in [0.2, 0.25) is 5.02 Å². The topological polar surface area (TPSA) is 45.2 Å².